The van der Waals surface area contributed by atoms with Gasteiger partial charge < -0.3 is 20.8 Å². The Kier molecular flexibility index (Phi) is 10.2. The Hall–Kier alpha value is -1.72. The molecule has 0 unspecified atom stereocenters. The van der Waals surface area contributed by atoms with Crippen LogP contribution in [0.3, 0.4) is 0 Å². The Bertz CT molecular complexity index is 308. The van der Waals surface area contributed by atoms with Gasteiger partial charge in [0, 0.05) is 13.1 Å². The van der Waals surface area contributed by atoms with E-state index in [1.807, 2.05) is 13.8 Å². The fourth-order valence-electron chi connectivity index (χ4n) is 1.72. The van der Waals surface area contributed by atoms with Gasteiger partial charge in [0.25, 0.3) is 0 Å². The third-order valence-corrected chi connectivity index (χ3v) is 2.84. The molecule has 0 aromatic heterocycles. The Labute approximate surface area is 120 Å². The van der Waals surface area contributed by atoms with Crippen molar-refractivity contribution in [3.8, 4) is 0 Å². The van der Waals surface area contributed by atoms with E-state index < -0.39 is 11.9 Å². The highest BCUT2D eigenvalue weighted by Gasteiger charge is 2.19. The van der Waals surface area contributed by atoms with Crippen LogP contribution in [0, 0.1) is 0 Å². The number of rotatable bonds is 12. The second-order valence-corrected chi connectivity index (χ2v) is 4.63. The van der Waals surface area contributed by atoms with Gasteiger partial charge in [-0.15, -0.1) is 0 Å². The average Bonchev–Trinajstić information content (AvgIpc) is 2.39. The molecule has 0 aromatic carbocycles. The molecule has 0 aliphatic carbocycles. The van der Waals surface area contributed by atoms with E-state index in [1.165, 1.54) is 0 Å². The minimum atomic E-state index is -1.25. The van der Waals surface area contributed by atoms with Crippen LogP contribution < -0.4 is 10.6 Å². The first-order chi connectivity index (χ1) is 9.54. The van der Waals surface area contributed by atoms with Crippen molar-refractivity contribution in [1.82, 2.24) is 10.6 Å². The maximum Gasteiger partial charge on any atom is 0.354 e. The Morgan fingerprint density at radius 1 is 0.750 bits per heavy atom. The molecule has 0 amide bonds. The molecule has 116 valence electrons. The van der Waals surface area contributed by atoms with Gasteiger partial charge in [0.1, 0.15) is 0 Å². The number of aliphatic carboxylic acids is 2. The average molecular weight is 286 g/mol. The predicted molar refractivity (Wildman–Crippen MR) is 77.4 cm³/mol. The van der Waals surface area contributed by atoms with Gasteiger partial charge >= 0.3 is 11.9 Å². The molecule has 6 nitrogen and oxygen atoms in total. The molecule has 0 fully saturated rings. The molecule has 0 heterocycles. The van der Waals surface area contributed by atoms with Crippen LogP contribution in [0.15, 0.2) is 11.4 Å². The van der Waals surface area contributed by atoms with Gasteiger partial charge in [-0.25, -0.2) is 9.59 Å². The smallest absolute Gasteiger partial charge is 0.354 e. The Morgan fingerprint density at radius 2 is 1.10 bits per heavy atom. The van der Waals surface area contributed by atoms with Crippen molar-refractivity contribution in [2.24, 2.45) is 0 Å². The SMILES string of the molecule is CCCCCNC(C(=O)O)=C(NCCCCC)C(=O)O. The zero-order valence-corrected chi connectivity index (χ0v) is 12.4. The molecule has 0 bridgehead atoms. The molecule has 0 radical (unpaired) electrons. The first-order valence-corrected chi connectivity index (χ1v) is 7.23. The van der Waals surface area contributed by atoms with Crippen LogP contribution >= 0.6 is 0 Å². The zero-order valence-electron chi connectivity index (χ0n) is 12.4. The Morgan fingerprint density at radius 3 is 1.35 bits per heavy atom. The molecule has 0 aromatic rings. The lowest BCUT2D eigenvalue weighted by Crippen LogP contribution is -2.32. The lowest BCUT2D eigenvalue weighted by Gasteiger charge is -2.13. The molecule has 0 atom stereocenters. The van der Waals surface area contributed by atoms with Gasteiger partial charge in [-0.1, -0.05) is 39.5 Å². The number of carboxylic acid groups (broad SMARTS) is 2. The van der Waals surface area contributed by atoms with Crippen molar-refractivity contribution in [2.45, 2.75) is 52.4 Å². The molecule has 6 heteroatoms. The summed E-state index contributed by atoms with van der Waals surface area (Å²) in [6.07, 6.45) is 5.63. The van der Waals surface area contributed by atoms with E-state index in [1.54, 1.807) is 0 Å². The van der Waals surface area contributed by atoms with Gasteiger partial charge in [0.2, 0.25) is 0 Å². The summed E-state index contributed by atoms with van der Waals surface area (Å²) in [5.74, 6) is -2.50. The zero-order chi connectivity index (χ0) is 15.4. The fourth-order valence-corrected chi connectivity index (χ4v) is 1.72. The predicted octanol–water partition coefficient (Wildman–Crippen LogP) is 1.93. The number of carboxylic acids is 2. The van der Waals surface area contributed by atoms with E-state index in [0.717, 1.165) is 38.5 Å². The van der Waals surface area contributed by atoms with Gasteiger partial charge in [-0.3, -0.25) is 0 Å². The first-order valence-electron chi connectivity index (χ1n) is 7.23. The molecular weight excluding hydrogens is 260 g/mol. The van der Waals surface area contributed by atoms with Crippen LogP contribution in [0.1, 0.15) is 52.4 Å². The lowest BCUT2D eigenvalue weighted by atomic mass is 10.2. The van der Waals surface area contributed by atoms with Crippen LogP contribution in [-0.4, -0.2) is 35.2 Å². The Balaban J connectivity index is 4.67. The summed E-state index contributed by atoms with van der Waals surface area (Å²) in [5, 5.41) is 23.7. The first kappa shape index (κ1) is 18.3. The lowest BCUT2D eigenvalue weighted by molar-refractivity contribution is -0.136. The summed E-state index contributed by atoms with van der Waals surface area (Å²) in [7, 11) is 0. The number of nitrogens with one attached hydrogen (secondary N) is 2. The van der Waals surface area contributed by atoms with Crippen LogP contribution in [0.2, 0.25) is 0 Å². The highest BCUT2D eigenvalue weighted by Crippen LogP contribution is 2.02. The monoisotopic (exact) mass is 286 g/mol. The van der Waals surface area contributed by atoms with Gasteiger partial charge in [0.05, 0.1) is 0 Å². The van der Waals surface area contributed by atoms with Crippen molar-refractivity contribution in [3.63, 3.8) is 0 Å². The maximum absolute atomic E-state index is 11.2. The summed E-state index contributed by atoms with van der Waals surface area (Å²) in [4.78, 5) is 22.3. The van der Waals surface area contributed by atoms with Gasteiger partial charge in [-0.2, -0.15) is 0 Å². The highest BCUT2D eigenvalue weighted by molar-refractivity contribution is 5.97. The number of unbranched alkanes of at least 4 members (excludes halogenated alkanes) is 4. The number of hydrogen-bond acceptors (Lipinski definition) is 4. The molecule has 0 aliphatic heterocycles. The topological polar surface area (TPSA) is 98.7 Å². The summed E-state index contributed by atoms with van der Waals surface area (Å²) in [6, 6.07) is 0. The van der Waals surface area contributed by atoms with E-state index in [0.29, 0.717) is 13.1 Å². The standard InChI is InChI=1S/C14H26N2O4/c1-3-5-7-9-15-11(13(17)18)12(14(19)20)16-10-8-6-4-2/h15-16H,3-10H2,1-2H3,(H,17,18)(H,19,20). The second-order valence-electron chi connectivity index (χ2n) is 4.63. The molecule has 4 N–H and O–H groups in total. The molecule has 20 heavy (non-hydrogen) atoms. The van der Waals surface area contributed by atoms with Crippen LogP contribution in [0.4, 0.5) is 0 Å². The molecular formula is C14H26N2O4. The van der Waals surface area contributed by atoms with Gasteiger partial charge in [0.15, 0.2) is 11.4 Å². The number of hydrogen-bond donors (Lipinski definition) is 4. The van der Waals surface area contributed by atoms with Crippen LogP contribution in [0.5, 0.6) is 0 Å². The third kappa shape index (κ3) is 7.66. The van der Waals surface area contributed by atoms with Crippen LogP contribution in [-0.2, 0) is 9.59 Å². The highest BCUT2D eigenvalue weighted by atomic mass is 16.4. The van der Waals surface area contributed by atoms with Crippen molar-refractivity contribution in [3.05, 3.63) is 11.4 Å². The van der Waals surface area contributed by atoms with Crippen molar-refractivity contribution in [2.75, 3.05) is 13.1 Å². The van der Waals surface area contributed by atoms with E-state index in [-0.39, 0.29) is 11.4 Å². The largest absolute Gasteiger partial charge is 0.477 e. The number of carbonyl (C=O) groups is 2. The minimum absolute atomic E-state index is 0.259. The van der Waals surface area contributed by atoms with Crippen LogP contribution in [0.25, 0.3) is 0 Å². The summed E-state index contributed by atoms with van der Waals surface area (Å²) < 4.78 is 0. The van der Waals surface area contributed by atoms with Crippen molar-refractivity contribution in [1.29, 1.82) is 0 Å². The molecule has 0 rings (SSSR count). The summed E-state index contributed by atoms with van der Waals surface area (Å²) >= 11 is 0. The van der Waals surface area contributed by atoms with E-state index in [4.69, 9.17) is 10.2 Å². The van der Waals surface area contributed by atoms with Crippen molar-refractivity contribution >= 4 is 11.9 Å². The second kappa shape index (κ2) is 11.1. The normalized spacial score (nSPS) is 11.7. The summed E-state index contributed by atoms with van der Waals surface area (Å²) in [5.41, 5.74) is -0.518. The quantitative estimate of drug-likeness (QED) is 0.323. The van der Waals surface area contributed by atoms with Crippen molar-refractivity contribution < 1.29 is 19.8 Å². The molecule has 0 spiro atoms. The molecule has 0 saturated carbocycles. The fraction of sp³-hybridized carbons (Fsp3) is 0.714. The molecule has 0 aliphatic rings. The molecule has 0 saturated heterocycles. The van der Waals surface area contributed by atoms with E-state index in [2.05, 4.69) is 10.6 Å². The van der Waals surface area contributed by atoms with E-state index in [9.17, 15) is 9.59 Å². The van der Waals surface area contributed by atoms with E-state index >= 15 is 0 Å². The summed E-state index contributed by atoms with van der Waals surface area (Å²) in [6.45, 7) is 5.02. The third-order valence-electron chi connectivity index (χ3n) is 2.84. The van der Waals surface area contributed by atoms with Gasteiger partial charge in [-0.05, 0) is 12.8 Å². The maximum atomic E-state index is 11.2. The minimum Gasteiger partial charge on any atom is -0.477 e.